The van der Waals surface area contributed by atoms with Crippen molar-refractivity contribution in [3.63, 3.8) is 0 Å². The van der Waals surface area contributed by atoms with E-state index in [4.69, 9.17) is 4.74 Å². The van der Waals surface area contributed by atoms with Crippen molar-refractivity contribution in [2.45, 2.75) is 51.7 Å². The molecule has 4 rings (SSSR count). The van der Waals surface area contributed by atoms with Crippen molar-refractivity contribution in [1.82, 2.24) is 4.90 Å². The van der Waals surface area contributed by atoms with Crippen LogP contribution in [-0.4, -0.2) is 28.7 Å². The first kappa shape index (κ1) is 24.4. The van der Waals surface area contributed by atoms with Gasteiger partial charge in [0.2, 0.25) is 11.8 Å². The molecule has 2 amide bonds. The van der Waals surface area contributed by atoms with Gasteiger partial charge in [-0.3, -0.25) is 14.5 Å². The number of esters is 1. The molecule has 0 N–H and O–H groups in total. The normalized spacial score (nSPS) is 18.0. The number of likely N-dealkylation sites (tertiary alicyclic amines) is 1. The first-order valence-corrected chi connectivity index (χ1v) is 12.1. The molecule has 35 heavy (non-hydrogen) atoms. The molecule has 1 aliphatic heterocycles. The van der Waals surface area contributed by atoms with Crippen LogP contribution in [0, 0.1) is 12.8 Å². The van der Waals surface area contributed by atoms with E-state index in [-0.39, 0.29) is 30.8 Å². The quantitative estimate of drug-likeness (QED) is 0.318. The summed E-state index contributed by atoms with van der Waals surface area (Å²) in [5, 5.41) is 0. The summed E-state index contributed by atoms with van der Waals surface area (Å²) in [6.07, 6.45) is 1.30. The Morgan fingerprint density at radius 1 is 0.886 bits per heavy atom. The van der Waals surface area contributed by atoms with Crippen molar-refractivity contribution in [3.05, 3.63) is 107 Å². The third-order valence-electron chi connectivity index (χ3n) is 6.66. The van der Waals surface area contributed by atoms with E-state index in [1.165, 1.54) is 5.56 Å². The van der Waals surface area contributed by atoms with E-state index in [1.807, 2.05) is 98.8 Å². The van der Waals surface area contributed by atoms with E-state index >= 15 is 0 Å². The molecule has 3 aromatic carbocycles. The van der Waals surface area contributed by atoms with Gasteiger partial charge in [0.1, 0.15) is 12.6 Å². The number of β-lactam (4-membered cyclic amide) rings is 1. The Hall–Kier alpha value is -3.73. The highest BCUT2D eigenvalue weighted by molar-refractivity contribution is 6.08. The Balaban J connectivity index is 1.46. The Labute approximate surface area is 206 Å². The van der Waals surface area contributed by atoms with Gasteiger partial charge in [-0.25, -0.2) is 4.79 Å². The van der Waals surface area contributed by atoms with E-state index < -0.39 is 17.9 Å². The second-order valence-corrected chi connectivity index (χ2v) is 9.29. The molecular formula is C30H31NO4. The van der Waals surface area contributed by atoms with E-state index in [0.717, 1.165) is 21.6 Å². The lowest BCUT2D eigenvalue weighted by Gasteiger charge is -2.44. The van der Waals surface area contributed by atoms with E-state index in [0.29, 0.717) is 12.8 Å². The average molecular weight is 470 g/mol. The molecular weight excluding hydrogens is 438 g/mol. The molecule has 5 heteroatoms. The van der Waals surface area contributed by atoms with Crippen molar-refractivity contribution in [2.24, 2.45) is 5.92 Å². The van der Waals surface area contributed by atoms with Crippen molar-refractivity contribution < 1.29 is 19.1 Å². The summed E-state index contributed by atoms with van der Waals surface area (Å²) in [6, 6.07) is 26.3. The summed E-state index contributed by atoms with van der Waals surface area (Å²) in [7, 11) is 0. The van der Waals surface area contributed by atoms with Gasteiger partial charge in [-0.15, -0.1) is 0 Å². The number of aryl methyl sites for hydroxylation is 2. The van der Waals surface area contributed by atoms with Gasteiger partial charge in [-0.2, -0.15) is 0 Å². The first-order chi connectivity index (χ1) is 16.9. The Morgan fingerprint density at radius 2 is 1.51 bits per heavy atom. The maximum Gasteiger partial charge on any atom is 0.330 e. The van der Waals surface area contributed by atoms with Gasteiger partial charge >= 0.3 is 5.97 Å². The van der Waals surface area contributed by atoms with Crippen LogP contribution in [0.15, 0.2) is 84.9 Å². The second-order valence-electron chi connectivity index (χ2n) is 9.29. The van der Waals surface area contributed by atoms with Crippen molar-refractivity contribution >= 4 is 17.8 Å². The standard InChI is InChI=1S/C30H31NO4/c1-21-13-15-23(16-14-21)17-18-26-28(30(34)35-20-24-9-5-3-6-10-24)31(29(26)33)27(32)19-22(2)25-11-7-4-8-12-25/h3-16,22,26,28H,17-20H2,1-2H3/t22-,26+,28-/m0/s1. The van der Waals surface area contributed by atoms with Gasteiger partial charge in [0.05, 0.1) is 5.92 Å². The number of benzene rings is 3. The summed E-state index contributed by atoms with van der Waals surface area (Å²) in [4.78, 5) is 40.5. The molecule has 1 heterocycles. The van der Waals surface area contributed by atoms with Crippen LogP contribution in [-0.2, 0) is 32.1 Å². The minimum absolute atomic E-state index is 0.0657. The van der Waals surface area contributed by atoms with Gasteiger partial charge in [0.15, 0.2) is 0 Å². The molecule has 0 unspecified atom stereocenters. The second kappa shape index (κ2) is 11.1. The smallest absolute Gasteiger partial charge is 0.330 e. The molecule has 180 valence electrons. The number of hydrogen-bond donors (Lipinski definition) is 0. The maximum atomic E-state index is 13.2. The Kier molecular flexibility index (Phi) is 7.76. The zero-order valence-electron chi connectivity index (χ0n) is 20.2. The van der Waals surface area contributed by atoms with Crippen LogP contribution in [0.5, 0.6) is 0 Å². The minimum atomic E-state index is -0.882. The molecule has 0 radical (unpaired) electrons. The third-order valence-corrected chi connectivity index (χ3v) is 6.66. The molecule has 0 saturated carbocycles. The van der Waals surface area contributed by atoms with E-state index in [1.54, 1.807) is 0 Å². The fourth-order valence-corrected chi connectivity index (χ4v) is 4.53. The average Bonchev–Trinajstić information content (AvgIpc) is 2.88. The highest BCUT2D eigenvalue weighted by Gasteiger charge is 2.54. The molecule has 1 saturated heterocycles. The lowest BCUT2D eigenvalue weighted by Crippen LogP contribution is -2.66. The third kappa shape index (κ3) is 5.86. The van der Waals surface area contributed by atoms with Crippen LogP contribution in [0.3, 0.4) is 0 Å². The van der Waals surface area contributed by atoms with Crippen molar-refractivity contribution in [3.8, 4) is 0 Å². The number of ether oxygens (including phenoxy) is 1. The van der Waals surface area contributed by atoms with Gasteiger partial charge in [-0.05, 0) is 42.4 Å². The van der Waals surface area contributed by atoms with Crippen LogP contribution in [0.2, 0.25) is 0 Å². The summed E-state index contributed by atoms with van der Waals surface area (Å²) in [6.45, 7) is 4.09. The fourth-order valence-electron chi connectivity index (χ4n) is 4.53. The van der Waals surface area contributed by atoms with Gasteiger partial charge in [0, 0.05) is 6.42 Å². The largest absolute Gasteiger partial charge is 0.459 e. The minimum Gasteiger partial charge on any atom is -0.459 e. The highest BCUT2D eigenvalue weighted by atomic mass is 16.5. The van der Waals surface area contributed by atoms with Crippen LogP contribution in [0.1, 0.15) is 47.9 Å². The molecule has 0 aliphatic carbocycles. The number of imide groups is 1. The molecule has 0 aromatic heterocycles. The topological polar surface area (TPSA) is 63.7 Å². The number of carbonyl (C=O) groups excluding carboxylic acids is 3. The van der Waals surface area contributed by atoms with Crippen LogP contribution < -0.4 is 0 Å². The summed E-state index contributed by atoms with van der Waals surface area (Å²) < 4.78 is 5.56. The van der Waals surface area contributed by atoms with E-state index in [2.05, 4.69) is 0 Å². The summed E-state index contributed by atoms with van der Waals surface area (Å²) in [5.74, 6) is -1.77. The zero-order valence-corrected chi connectivity index (χ0v) is 20.2. The SMILES string of the molecule is Cc1ccc(CC[C@H]2C(=O)N(C(=O)C[C@H](C)c3ccccc3)[C@@H]2C(=O)OCc2ccccc2)cc1. The number of rotatable bonds is 9. The lowest BCUT2D eigenvalue weighted by atomic mass is 9.81. The zero-order chi connectivity index (χ0) is 24.8. The Morgan fingerprint density at radius 3 is 2.17 bits per heavy atom. The van der Waals surface area contributed by atoms with Crippen LogP contribution >= 0.6 is 0 Å². The molecule has 3 atom stereocenters. The van der Waals surface area contributed by atoms with Crippen molar-refractivity contribution in [2.75, 3.05) is 0 Å². The molecule has 5 nitrogen and oxygen atoms in total. The molecule has 1 aliphatic rings. The predicted octanol–water partition coefficient (Wildman–Crippen LogP) is 5.22. The predicted molar refractivity (Wildman–Crippen MR) is 134 cm³/mol. The number of nitrogens with zero attached hydrogens (tertiary/aromatic N) is 1. The Bertz CT molecular complexity index is 1160. The highest BCUT2D eigenvalue weighted by Crippen LogP contribution is 2.34. The van der Waals surface area contributed by atoms with Gasteiger partial charge < -0.3 is 4.74 Å². The lowest BCUT2D eigenvalue weighted by molar-refractivity contribution is -0.180. The van der Waals surface area contributed by atoms with Crippen LogP contribution in [0.4, 0.5) is 0 Å². The van der Waals surface area contributed by atoms with E-state index in [9.17, 15) is 14.4 Å². The fraction of sp³-hybridized carbons (Fsp3) is 0.300. The van der Waals surface area contributed by atoms with Gasteiger partial charge in [0.25, 0.3) is 0 Å². The number of carbonyl (C=O) groups is 3. The summed E-state index contributed by atoms with van der Waals surface area (Å²) in [5.41, 5.74) is 4.15. The monoisotopic (exact) mass is 469 g/mol. The summed E-state index contributed by atoms with van der Waals surface area (Å²) >= 11 is 0. The molecule has 0 spiro atoms. The molecule has 0 bridgehead atoms. The van der Waals surface area contributed by atoms with Crippen LogP contribution in [0.25, 0.3) is 0 Å². The van der Waals surface area contributed by atoms with Gasteiger partial charge in [-0.1, -0.05) is 97.4 Å². The molecule has 3 aromatic rings. The number of amides is 2. The van der Waals surface area contributed by atoms with Crippen molar-refractivity contribution in [1.29, 1.82) is 0 Å². The maximum absolute atomic E-state index is 13.2. The molecule has 1 fully saturated rings. The number of hydrogen-bond acceptors (Lipinski definition) is 4. The first-order valence-electron chi connectivity index (χ1n) is 12.1.